The van der Waals surface area contributed by atoms with E-state index in [0.29, 0.717) is 11.8 Å². The average Bonchev–Trinajstić information content (AvgIpc) is 3.61. The van der Waals surface area contributed by atoms with E-state index in [1.807, 2.05) is 23.5 Å². The van der Waals surface area contributed by atoms with Crippen LogP contribution in [0.25, 0.3) is 0 Å². The van der Waals surface area contributed by atoms with Crippen molar-refractivity contribution >= 4 is 47.0 Å². The van der Waals surface area contributed by atoms with Gasteiger partial charge in [0.05, 0.1) is 34.8 Å². The molecule has 34 heavy (non-hydrogen) atoms. The van der Waals surface area contributed by atoms with Crippen LogP contribution in [-0.2, 0) is 0 Å². The van der Waals surface area contributed by atoms with Gasteiger partial charge in [-0.2, -0.15) is 17.5 Å². The summed E-state index contributed by atoms with van der Waals surface area (Å²) < 4.78 is 18.9. The molecule has 0 radical (unpaired) electrons. The molecule has 0 spiro atoms. The highest BCUT2D eigenvalue weighted by molar-refractivity contribution is 7.99. The Morgan fingerprint density at radius 2 is 1.26 bits per heavy atom. The zero-order valence-corrected chi connectivity index (χ0v) is 23.4. The van der Waals surface area contributed by atoms with Crippen LogP contribution in [0.15, 0.2) is 10.1 Å². The van der Waals surface area contributed by atoms with Crippen molar-refractivity contribution in [3.05, 3.63) is 11.4 Å². The molecule has 6 rings (SSSR count). The summed E-state index contributed by atoms with van der Waals surface area (Å²) in [7, 11) is 0. The summed E-state index contributed by atoms with van der Waals surface area (Å²) in [6.45, 7) is 9.91. The molecule has 0 aliphatic carbocycles. The van der Waals surface area contributed by atoms with Crippen LogP contribution in [0, 0.1) is 17.8 Å². The van der Waals surface area contributed by atoms with Gasteiger partial charge in [-0.15, -0.1) is 23.5 Å². The molecule has 0 amide bonds. The summed E-state index contributed by atoms with van der Waals surface area (Å²) in [6.07, 6.45) is 7.93. The largest absolute Gasteiger partial charge is 0.302 e. The van der Waals surface area contributed by atoms with Crippen molar-refractivity contribution in [2.45, 2.75) is 67.3 Å². The van der Waals surface area contributed by atoms with E-state index in [9.17, 15) is 0 Å². The van der Waals surface area contributed by atoms with Gasteiger partial charge in [-0.1, -0.05) is 6.92 Å². The minimum atomic E-state index is 0.620. The number of hydrogen-bond donors (Lipinski definition) is 0. The predicted molar refractivity (Wildman–Crippen MR) is 143 cm³/mol. The van der Waals surface area contributed by atoms with Gasteiger partial charge in [-0.05, 0) is 80.9 Å². The van der Waals surface area contributed by atoms with E-state index in [-0.39, 0.29) is 0 Å². The van der Waals surface area contributed by atoms with E-state index in [2.05, 4.69) is 16.7 Å². The second-order valence-corrected chi connectivity index (χ2v) is 14.0. The number of piperidine rings is 2. The van der Waals surface area contributed by atoms with Gasteiger partial charge in [0, 0.05) is 38.0 Å². The molecule has 4 aliphatic heterocycles. The molecule has 4 saturated heterocycles. The Balaban J connectivity index is 0.949. The lowest BCUT2D eigenvalue weighted by molar-refractivity contribution is 0.269. The smallest absolute Gasteiger partial charge is 0.134 e. The quantitative estimate of drug-likeness (QED) is 0.379. The molecule has 0 saturated carbocycles. The standard InChI is InChI=1S/C24H36N6S4/c1-16(6-10-31-23-21(25-33-27-23)19-14-29-8-2-4-17(19)12-29)7-11-32-24-22(26-34-28-24)20-15-30-9-3-5-18(20)13-30/h16-20H,2-15H2,1H3/t17-,18-,19+,20+/m1/s1. The van der Waals surface area contributed by atoms with Crippen LogP contribution in [0.2, 0.25) is 0 Å². The lowest BCUT2D eigenvalue weighted by atomic mass is 9.89. The molecule has 186 valence electrons. The van der Waals surface area contributed by atoms with Crippen molar-refractivity contribution in [2.75, 3.05) is 50.8 Å². The van der Waals surface area contributed by atoms with Crippen LogP contribution in [0.3, 0.4) is 0 Å². The van der Waals surface area contributed by atoms with Crippen LogP contribution in [0.4, 0.5) is 0 Å². The van der Waals surface area contributed by atoms with Crippen molar-refractivity contribution in [3.63, 3.8) is 0 Å². The molecule has 6 nitrogen and oxygen atoms in total. The van der Waals surface area contributed by atoms with Crippen LogP contribution in [-0.4, -0.2) is 78.1 Å². The van der Waals surface area contributed by atoms with E-state index in [0.717, 1.165) is 29.3 Å². The summed E-state index contributed by atoms with van der Waals surface area (Å²) in [5, 5.41) is 2.45. The maximum atomic E-state index is 4.76. The molecule has 6 atom stereocenters. The summed E-state index contributed by atoms with van der Waals surface area (Å²) >= 11 is 6.73. The number of hydrogen-bond acceptors (Lipinski definition) is 10. The number of thioether (sulfide) groups is 2. The van der Waals surface area contributed by atoms with Gasteiger partial charge in [0.2, 0.25) is 0 Å². The Kier molecular flexibility index (Phi) is 7.80. The lowest BCUT2D eigenvalue weighted by Crippen LogP contribution is -2.25. The SMILES string of the molecule is CC(CCSc1nsnc1[C@H]1CN2CCC[C@@H]1C2)CCSc1nsnc1[C@H]1CN2CCC[C@@H]1C2. The average molecular weight is 537 g/mol. The fourth-order valence-electron chi connectivity index (χ4n) is 6.53. The minimum Gasteiger partial charge on any atom is -0.302 e. The van der Waals surface area contributed by atoms with E-state index in [1.165, 1.54) is 123 Å². The fraction of sp³-hybridized carbons (Fsp3) is 0.833. The lowest BCUT2D eigenvalue weighted by Gasteiger charge is -2.21. The van der Waals surface area contributed by atoms with Crippen molar-refractivity contribution in [2.24, 2.45) is 17.8 Å². The van der Waals surface area contributed by atoms with Gasteiger partial charge in [0.1, 0.15) is 10.1 Å². The maximum absolute atomic E-state index is 4.76. The Morgan fingerprint density at radius 1 is 0.765 bits per heavy atom. The minimum absolute atomic E-state index is 0.620. The molecule has 2 unspecified atom stereocenters. The van der Waals surface area contributed by atoms with Gasteiger partial charge in [-0.3, -0.25) is 0 Å². The second-order valence-electron chi connectivity index (χ2n) is 10.8. The zero-order valence-electron chi connectivity index (χ0n) is 20.1. The summed E-state index contributed by atoms with van der Waals surface area (Å²) in [5.41, 5.74) is 2.62. The summed E-state index contributed by atoms with van der Waals surface area (Å²) in [5.74, 6) is 5.86. The summed E-state index contributed by atoms with van der Waals surface area (Å²) in [6, 6.07) is 0. The molecule has 4 fully saturated rings. The van der Waals surface area contributed by atoms with Gasteiger partial charge in [-0.25, -0.2) is 0 Å². The third-order valence-corrected chi connectivity index (χ3v) is 11.8. The van der Waals surface area contributed by atoms with Gasteiger partial charge in [0.25, 0.3) is 0 Å². The van der Waals surface area contributed by atoms with Crippen molar-refractivity contribution in [3.8, 4) is 0 Å². The van der Waals surface area contributed by atoms with Gasteiger partial charge < -0.3 is 9.80 Å². The number of aromatic nitrogens is 4. The Hall–Kier alpha value is -0.260. The van der Waals surface area contributed by atoms with Crippen molar-refractivity contribution < 1.29 is 0 Å². The first kappa shape index (κ1) is 24.1. The normalized spacial score (nSPS) is 33.4. The fourth-order valence-corrected chi connectivity index (χ4v) is 10.4. The van der Waals surface area contributed by atoms with Gasteiger partial charge in [0.15, 0.2) is 0 Å². The third-order valence-electron chi connectivity index (χ3n) is 8.50. The molecular weight excluding hydrogens is 501 g/mol. The van der Waals surface area contributed by atoms with E-state index in [4.69, 9.17) is 17.5 Å². The van der Waals surface area contributed by atoms with Crippen molar-refractivity contribution in [1.29, 1.82) is 0 Å². The predicted octanol–water partition coefficient (Wildman–Crippen LogP) is 5.31. The highest BCUT2D eigenvalue weighted by Gasteiger charge is 2.40. The van der Waals surface area contributed by atoms with Crippen LogP contribution in [0.1, 0.15) is 68.7 Å². The first-order valence-electron chi connectivity index (χ1n) is 13.1. The molecule has 4 bridgehead atoms. The molecule has 6 heterocycles. The maximum Gasteiger partial charge on any atom is 0.134 e. The third kappa shape index (κ3) is 5.23. The highest BCUT2D eigenvalue weighted by Crippen LogP contribution is 2.42. The number of fused-ring (bicyclic) bond motifs is 4. The van der Waals surface area contributed by atoms with E-state index < -0.39 is 0 Å². The first-order valence-corrected chi connectivity index (χ1v) is 16.5. The molecule has 10 heteroatoms. The second kappa shape index (κ2) is 11.0. The number of nitrogens with zero attached hydrogens (tertiary/aromatic N) is 6. The van der Waals surface area contributed by atoms with E-state index >= 15 is 0 Å². The molecule has 2 aromatic rings. The molecule has 2 aromatic heterocycles. The monoisotopic (exact) mass is 536 g/mol. The molecule has 0 aromatic carbocycles. The Bertz CT molecular complexity index is 875. The molecule has 0 N–H and O–H groups in total. The first-order chi connectivity index (χ1) is 16.7. The summed E-state index contributed by atoms with van der Waals surface area (Å²) in [4.78, 5) is 5.26. The Morgan fingerprint density at radius 3 is 1.74 bits per heavy atom. The van der Waals surface area contributed by atoms with Crippen LogP contribution in [0.5, 0.6) is 0 Å². The van der Waals surface area contributed by atoms with Gasteiger partial charge >= 0.3 is 0 Å². The van der Waals surface area contributed by atoms with Crippen LogP contribution < -0.4 is 0 Å². The van der Waals surface area contributed by atoms with E-state index in [1.54, 1.807) is 0 Å². The number of rotatable bonds is 10. The molecule has 4 aliphatic rings. The zero-order chi connectivity index (χ0) is 22.9. The highest BCUT2D eigenvalue weighted by atomic mass is 32.2. The van der Waals surface area contributed by atoms with Crippen LogP contribution >= 0.6 is 47.0 Å². The van der Waals surface area contributed by atoms with Crippen molar-refractivity contribution in [1.82, 2.24) is 27.3 Å². The Labute approximate surface area is 220 Å². The molecular formula is C24H36N6S4. The topological polar surface area (TPSA) is 58.0 Å².